The first-order chi connectivity index (χ1) is 8.72. The number of hydrogen-bond donors (Lipinski definition) is 3. The van der Waals surface area contributed by atoms with E-state index in [2.05, 4.69) is 17.6 Å². The van der Waals surface area contributed by atoms with Crippen molar-refractivity contribution >= 4 is 6.03 Å². The van der Waals surface area contributed by atoms with Gasteiger partial charge in [-0.05, 0) is 25.7 Å². The van der Waals surface area contributed by atoms with Crippen LogP contribution in [-0.4, -0.2) is 43.0 Å². The van der Waals surface area contributed by atoms with Gasteiger partial charge in [-0.25, -0.2) is 4.79 Å². The minimum Gasteiger partial charge on any atom is -0.396 e. The molecule has 0 aliphatic carbocycles. The highest BCUT2D eigenvalue weighted by atomic mass is 16.5. The SMILES string of the molecule is CCCCCNC(=O)NC1(CCO)CCOCC1. The van der Waals surface area contributed by atoms with E-state index in [0.29, 0.717) is 26.2 Å². The van der Waals surface area contributed by atoms with Crippen LogP contribution in [-0.2, 0) is 4.74 Å². The molecule has 18 heavy (non-hydrogen) atoms. The van der Waals surface area contributed by atoms with Crippen molar-refractivity contribution in [2.24, 2.45) is 0 Å². The number of hydrogen-bond acceptors (Lipinski definition) is 3. The van der Waals surface area contributed by atoms with Crippen molar-refractivity contribution in [3.63, 3.8) is 0 Å². The average molecular weight is 258 g/mol. The Balaban J connectivity index is 2.33. The topological polar surface area (TPSA) is 70.6 Å². The van der Waals surface area contributed by atoms with Crippen molar-refractivity contribution in [3.05, 3.63) is 0 Å². The second-order valence-electron chi connectivity index (χ2n) is 4.95. The summed E-state index contributed by atoms with van der Waals surface area (Å²) >= 11 is 0. The van der Waals surface area contributed by atoms with E-state index in [-0.39, 0.29) is 18.2 Å². The van der Waals surface area contributed by atoms with E-state index >= 15 is 0 Å². The van der Waals surface area contributed by atoms with E-state index in [1.165, 1.54) is 0 Å². The number of carbonyl (C=O) groups is 1. The predicted molar refractivity (Wildman–Crippen MR) is 70.5 cm³/mol. The van der Waals surface area contributed by atoms with Gasteiger partial charge in [0.1, 0.15) is 0 Å². The molecule has 0 bridgehead atoms. The Morgan fingerprint density at radius 1 is 1.33 bits per heavy atom. The fourth-order valence-corrected chi connectivity index (χ4v) is 2.28. The Hall–Kier alpha value is -0.810. The highest BCUT2D eigenvalue weighted by molar-refractivity contribution is 5.74. The van der Waals surface area contributed by atoms with Crippen LogP contribution in [0.25, 0.3) is 0 Å². The fraction of sp³-hybridized carbons (Fsp3) is 0.923. The van der Waals surface area contributed by atoms with Crippen LogP contribution in [0, 0.1) is 0 Å². The normalized spacial score (nSPS) is 18.3. The van der Waals surface area contributed by atoms with Crippen LogP contribution in [0.15, 0.2) is 0 Å². The Morgan fingerprint density at radius 2 is 2.06 bits per heavy atom. The van der Waals surface area contributed by atoms with Crippen molar-refractivity contribution in [1.82, 2.24) is 10.6 Å². The Bertz CT molecular complexity index is 235. The zero-order valence-corrected chi connectivity index (χ0v) is 11.3. The summed E-state index contributed by atoms with van der Waals surface area (Å²) in [7, 11) is 0. The number of unbranched alkanes of at least 4 members (excludes halogenated alkanes) is 2. The zero-order valence-electron chi connectivity index (χ0n) is 11.3. The maximum Gasteiger partial charge on any atom is 0.315 e. The van der Waals surface area contributed by atoms with Gasteiger partial charge in [-0.15, -0.1) is 0 Å². The van der Waals surface area contributed by atoms with Crippen LogP contribution < -0.4 is 10.6 Å². The molecule has 0 spiro atoms. The first kappa shape index (κ1) is 15.2. The van der Waals surface area contributed by atoms with Gasteiger partial charge >= 0.3 is 6.03 Å². The molecule has 1 rings (SSSR count). The molecule has 2 amide bonds. The molecule has 1 aliphatic heterocycles. The predicted octanol–water partition coefficient (Wildman–Crippen LogP) is 1.41. The lowest BCUT2D eigenvalue weighted by Gasteiger charge is -2.37. The molecule has 0 radical (unpaired) electrons. The molecule has 1 saturated heterocycles. The molecule has 0 aromatic rings. The van der Waals surface area contributed by atoms with Gasteiger partial charge < -0.3 is 20.5 Å². The molecule has 1 fully saturated rings. The summed E-state index contributed by atoms with van der Waals surface area (Å²) in [5.41, 5.74) is -0.290. The van der Waals surface area contributed by atoms with Crippen LogP contribution in [0.1, 0.15) is 45.4 Å². The van der Waals surface area contributed by atoms with Crippen molar-refractivity contribution in [2.45, 2.75) is 51.0 Å². The highest BCUT2D eigenvalue weighted by Gasteiger charge is 2.33. The molecule has 3 N–H and O–H groups in total. The largest absolute Gasteiger partial charge is 0.396 e. The van der Waals surface area contributed by atoms with E-state index in [1.54, 1.807) is 0 Å². The Labute approximate surface area is 109 Å². The quantitative estimate of drug-likeness (QED) is 0.605. The molecule has 5 heteroatoms. The molecule has 5 nitrogen and oxygen atoms in total. The molecule has 0 aromatic carbocycles. The molecule has 1 heterocycles. The maximum absolute atomic E-state index is 11.8. The Morgan fingerprint density at radius 3 is 2.67 bits per heavy atom. The summed E-state index contributed by atoms with van der Waals surface area (Å²) in [5, 5.41) is 15.0. The standard InChI is InChI=1S/C13H26N2O3/c1-2-3-4-8-14-12(17)15-13(5-9-16)6-10-18-11-7-13/h16H,2-11H2,1H3,(H2,14,15,17). The van der Waals surface area contributed by atoms with E-state index in [1.807, 2.05) is 0 Å². The summed E-state index contributed by atoms with van der Waals surface area (Å²) in [6.07, 6.45) is 5.44. The number of carbonyl (C=O) groups excluding carboxylic acids is 1. The lowest BCUT2D eigenvalue weighted by molar-refractivity contribution is 0.0322. The van der Waals surface area contributed by atoms with Crippen LogP contribution in [0.5, 0.6) is 0 Å². The van der Waals surface area contributed by atoms with Crippen LogP contribution >= 0.6 is 0 Å². The van der Waals surface area contributed by atoms with Gasteiger partial charge in [-0.1, -0.05) is 19.8 Å². The summed E-state index contributed by atoms with van der Waals surface area (Å²) < 4.78 is 5.31. The van der Waals surface area contributed by atoms with Crippen molar-refractivity contribution in [3.8, 4) is 0 Å². The van der Waals surface area contributed by atoms with Gasteiger partial charge in [0.05, 0.1) is 0 Å². The van der Waals surface area contributed by atoms with Crippen LogP contribution in [0.4, 0.5) is 4.79 Å². The van der Waals surface area contributed by atoms with Crippen molar-refractivity contribution in [2.75, 3.05) is 26.4 Å². The molecule has 0 aromatic heterocycles. The number of ether oxygens (including phenoxy) is 1. The second-order valence-corrected chi connectivity index (χ2v) is 4.95. The number of amides is 2. The molecule has 0 saturated carbocycles. The number of rotatable bonds is 7. The van der Waals surface area contributed by atoms with E-state index in [9.17, 15) is 4.79 Å². The summed E-state index contributed by atoms with van der Waals surface area (Å²) in [5.74, 6) is 0. The van der Waals surface area contributed by atoms with Gasteiger partial charge in [-0.3, -0.25) is 0 Å². The van der Waals surface area contributed by atoms with E-state index in [0.717, 1.165) is 32.1 Å². The third-order valence-corrected chi connectivity index (χ3v) is 3.48. The van der Waals surface area contributed by atoms with Crippen LogP contribution in [0.3, 0.4) is 0 Å². The minimum atomic E-state index is -0.290. The molecule has 106 valence electrons. The second kappa shape index (κ2) is 8.32. The van der Waals surface area contributed by atoms with Gasteiger partial charge in [-0.2, -0.15) is 0 Å². The third-order valence-electron chi connectivity index (χ3n) is 3.48. The van der Waals surface area contributed by atoms with Crippen molar-refractivity contribution in [1.29, 1.82) is 0 Å². The third kappa shape index (κ3) is 5.23. The van der Waals surface area contributed by atoms with E-state index in [4.69, 9.17) is 9.84 Å². The van der Waals surface area contributed by atoms with Gasteiger partial charge in [0, 0.05) is 31.9 Å². The molecule has 1 aliphatic rings. The smallest absolute Gasteiger partial charge is 0.315 e. The first-order valence-corrected chi connectivity index (χ1v) is 6.97. The summed E-state index contributed by atoms with van der Waals surface area (Å²) in [4.78, 5) is 11.8. The number of aliphatic hydroxyl groups excluding tert-OH is 1. The zero-order chi connectivity index (χ0) is 13.3. The molecular weight excluding hydrogens is 232 g/mol. The Kier molecular flexibility index (Phi) is 7.05. The van der Waals surface area contributed by atoms with Gasteiger partial charge in [0.2, 0.25) is 0 Å². The lowest BCUT2D eigenvalue weighted by Crippen LogP contribution is -2.55. The minimum absolute atomic E-state index is 0.0934. The lowest BCUT2D eigenvalue weighted by atomic mass is 9.87. The summed E-state index contributed by atoms with van der Waals surface area (Å²) in [6.45, 7) is 4.24. The van der Waals surface area contributed by atoms with Crippen molar-refractivity contribution < 1.29 is 14.6 Å². The number of aliphatic hydroxyl groups is 1. The molecule has 0 unspecified atom stereocenters. The summed E-state index contributed by atoms with van der Waals surface area (Å²) in [6, 6.07) is -0.124. The maximum atomic E-state index is 11.8. The van der Waals surface area contributed by atoms with E-state index < -0.39 is 0 Å². The average Bonchev–Trinajstić information content (AvgIpc) is 2.36. The highest BCUT2D eigenvalue weighted by Crippen LogP contribution is 2.24. The molecule has 0 atom stereocenters. The van der Waals surface area contributed by atoms with Gasteiger partial charge in [0.25, 0.3) is 0 Å². The monoisotopic (exact) mass is 258 g/mol. The fourth-order valence-electron chi connectivity index (χ4n) is 2.28. The van der Waals surface area contributed by atoms with Crippen LogP contribution in [0.2, 0.25) is 0 Å². The molecular formula is C13H26N2O3. The number of urea groups is 1. The first-order valence-electron chi connectivity index (χ1n) is 6.97. The van der Waals surface area contributed by atoms with Gasteiger partial charge in [0.15, 0.2) is 0 Å². The number of nitrogens with one attached hydrogen (secondary N) is 2.